The van der Waals surface area contributed by atoms with Gasteiger partial charge in [-0.25, -0.2) is 18.1 Å². The molecule has 3 rings (SSSR count). The Bertz CT molecular complexity index is 1200. The van der Waals surface area contributed by atoms with Crippen LogP contribution in [0.25, 0.3) is 0 Å². The molecule has 0 bridgehead atoms. The van der Waals surface area contributed by atoms with Crippen molar-refractivity contribution in [2.24, 2.45) is 11.0 Å². The van der Waals surface area contributed by atoms with Gasteiger partial charge in [0, 0.05) is 19.1 Å². The summed E-state index contributed by atoms with van der Waals surface area (Å²) in [6.07, 6.45) is -0.267. The second kappa shape index (κ2) is 8.19. The lowest BCUT2D eigenvalue weighted by molar-refractivity contribution is -0.120. The van der Waals surface area contributed by atoms with Crippen molar-refractivity contribution in [2.45, 2.75) is 25.2 Å². The van der Waals surface area contributed by atoms with Gasteiger partial charge in [-0.2, -0.15) is 5.10 Å². The number of Topliss-reactive ketones (excluding diaryl/α,β-unsaturated/α-hetero) is 1. The van der Waals surface area contributed by atoms with Crippen molar-refractivity contribution in [1.29, 1.82) is 0 Å². The summed E-state index contributed by atoms with van der Waals surface area (Å²) in [5.74, 6) is -3.15. The Balaban J connectivity index is 1.79. The van der Waals surface area contributed by atoms with Gasteiger partial charge < -0.3 is 10.2 Å². The van der Waals surface area contributed by atoms with E-state index >= 15 is 0 Å². The first kappa shape index (κ1) is 22.0. The summed E-state index contributed by atoms with van der Waals surface area (Å²) < 4.78 is 25.9. The molecule has 1 aliphatic rings. The molecule has 162 valence electrons. The molecule has 31 heavy (non-hydrogen) atoms. The van der Waals surface area contributed by atoms with Crippen molar-refractivity contribution in [1.82, 2.24) is 4.72 Å². The van der Waals surface area contributed by atoms with Crippen LogP contribution in [0.5, 0.6) is 11.5 Å². The third-order valence-corrected chi connectivity index (χ3v) is 6.06. The molecule has 1 aliphatic heterocycles. The Morgan fingerprint density at radius 2 is 1.77 bits per heavy atom. The lowest BCUT2D eigenvalue weighted by Crippen LogP contribution is -2.29. The fraction of sp³-hybridized carbons (Fsp3) is 0.200. The van der Waals surface area contributed by atoms with E-state index in [-0.39, 0.29) is 34.1 Å². The van der Waals surface area contributed by atoms with Gasteiger partial charge in [0.05, 0.1) is 22.1 Å². The Labute approximate surface area is 177 Å². The number of carbonyl (C=O) groups excluding carboxylic acids is 3. The van der Waals surface area contributed by atoms with Crippen LogP contribution in [0.4, 0.5) is 5.69 Å². The summed E-state index contributed by atoms with van der Waals surface area (Å²) in [6, 6.07) is 8.70. The van der Waals surface area contributed by atoms with E-state index < -0.39 is 33.5 Å². The highest BCUT2D eigenvalue weighted by Crippen LogP contribution is 2.30. The Morgan fingerprint density at radius 3 is 2.39 bits per heavy atom. The molecule has 2 amide bonds. The van der Waals surface area contributed by atoms with Gasteiger partial charge in [0.25, 0.3) is 15.9 Å². The third-order valence-electron chi connectivity index (χ3n) is 4.61. The van der Waals surface area contributed by atoms with Crippen molar-refractivity contribution >= 4 is 39.0 Å². The quantitative estimate of drug-likeness (QED) is 0.450. The minimum Gasteiger partial charge on any atom is -0.508 e. The first-order valence-corrected chi connectivity index (χ1v) is 10.6. The summed E-state index contributed by atoms with van der Waals surface area (Å²) in [5, 5.41) is 24.6. The van der Waals surface area contributed by atoms with Crippen molar-refractivity contribution < 1.29 is 33.0 Å². The van der Waals surface area contributed by atoms with Crippen LogP contribution in [0.2, 0.25) is 0 Å². The highest BCUT2D eigenvalue weighted by molar-refractivity contribution is 7.90. The number of sulfonamides is 1. The Kier molecular flexibility index (Phi) is 5.80. The maximum atomic E-state index is 12.8. The van der Waals surface area contributed by atoms with E-state index in [1.165, 1.54) is 36.4 Å². The molecular weight excluding hydrogens is 426 g/mol. The van der Waals surface area contributed by atoms with E-state index in [4.69, 9.17) is 0 Å². The van der Waals surface area contributed by atoms with E-state index in [0.29, 0.717) is 5.71 Å². The first-order valence-electron chi connectivity index (χ1n) is 9.07. The van der Waals surface area contributed by atoms with Crippen LogP contribution in [0, 0.1) is 5.92 Å². The SMILES string of the molecule is CC(=O)NS(=O)(=O)c1ccc(N2N=C(C)C(CC(=O)c3cc(O)ccc3O)C2=O)cc1. The summed E-state index contributed by atoms with van der Waals surface area (Å²) in [5.41, 5.74) is 0.542. The molecule has 0 aliphatic carbocycles. The molecule has 0 radical (unpaired) electrons. The monoisotopic (exact) mass is 445 g/mol. The zero-order valence-corrected chi connectivity index (χ0v) is 17.4. The number of ketones is 1. The molecule has 3 N–H and O–H groups in total. The number of phenols is 2. The van der Waals surface area contributed by atoms with Crippen LogP contribution in [0.15, 0.2) is 52.5 Å². The minimum absolute atomic E-state index is 0.105. The number of anilines is 1. The molecule has 2 aromatic rings. The number of rotatable bonds is 6. The number of hydrogen-bond acceptors (Lipinski definition) is 8. The van der Waals surface area contributed by atoms with Gasteiger partial charge in [-0.1, -0.05) is 0 Å². The second-order valence-corrected chi connectivity index (χ2v) is 8.61. The van der Waals surface area contributed by atoms with Gasteiger partial charge >= 0.3 is 0 Å². The topological polar surface area (TPSA) is 153 Å². The molecule has 11 heteroatoms. The maximum absolute atomic E-state index is 12.8. The van der Waals surface area contributed by atoms with Crippen molar-refractivity contribution in [3.05, 3.63) is 48.0 Å². The molecule has 0 spiro atoms. The molecule has 0 saturated carbocycles. The van der Waals surface area contributed by atoms with E-state index in [1.54, 1.807) is 6.92 Å². The number of carbonyl (C=O) groups is 3. The van der Waals surface area contributed by atoms with E-state index in [9.17, 15) is 33.0 Å². The number of benzene rings is 2. The third kappa shape index (κ3) is 4.56. The highest BCUT2D eigenvalue weighted by atomic mass is 32.2. The van der Waals surface area contributed by atoms with Gasteiger partial charge in [0.1, 0.15) is 11.5 Å². The zero-order valence-electron chi connectivity index (χ0n) is 16.6. The van der Waals surface area contributed by atoms with Crippen molar-refractivity contribution in [3.63, 3.8) is 0 Å². The van der Waals surface area contributed by atoms with Gasteiger partial charge in [-0.05, 0) is 49.4 Å². The predicted molar refractivity (Wildman–Crippen MR) is 110 cm³/mol. The fourth-order valence-corrected chi connectivity index (χ4v) is 4.07. The summed E-state index contributed by atoms with van der Waals surface area (Å²) in [4.78, 5) is 36.3. The average Bonchev–Trinajstić information content (AvgIpc) is 2.97. The number of nitrogens with one attached hydrogen (secondary N) is 1. The molecule has 0 saturated heterocycles. The first-order chi connectivity index (χ1) is 14.5. The number of aromatic hydroxyl groups is 2. The number of nitrogens with zero attached hydrogens (tertiary/aromatic N) is 2. The average molecular weight is 445 g/mol. The number of hydrazone groups is 1. The molecule has 1 atom stereocenters. The Hall–Kier alpha value is -3.73. The van der Waals surface area contributed by atoms with E-state index in [1.807, 2.05) is 4.72 Å². The van der Waals surface area contributed by atoms with Crippen molar-refractivity contribution in [2.75, 3.05) is 5.01 Å². The molecule has 0 aromatic heterocycles. The number of phenolic OH excluding ortho intramolecular Hbond substituents is 2. The van der Waals surface area contributed by atoms with Crippen LogP contribution >= 0.6 is 0 Å². The summed E-state index contributed by atoms with van der Waals surface area (Å²) in [7, 11) is -4.02. The molecular formula is C20H19N3O7S. The molecule has 10 nitrogen and oxygen atoms in total. The predicted octanol–water partition coefficient (Wildman–Crippen LogP) is 1.53. The van der Waals surface area contributed by atoms with Gasteiger partial charge in [0.2, 0.25) is 5.91 Å². The van der Waals surface area contributed by atoms with Gasteiger partial charge in [-0.15, -0.1) is 0 Å². The minimum atomic E-state index is -4.02. The van der Waals surface area contributed by atoms with Gasteiger partial charge in [-0.3, -0.25) is 14.4 Å². The van der Waals surface area contributed by atoms with Crippen LogP contribution in [0.3, 0.4) is 0 Å². The zero-order chi connectivity index (χ0) is 22.9. The summed E-state index contributed by atoms with van der Waals surface area (Å²) >= 11 is 0. The normalized spacial score (nSPS) is 16.2. The van der Waals surface area contributed by atoms with E-state index in [0.717, 1.165) is 18.0 Å². The smallest absolute Gasteiger partial charge is 0.264 e. The maximum Gasteiger partial charge on any atom is 0.264 e. The van der Waals surface area contributed by atoms with Crippen LogP contribution < -0.4 is 9.73 Å². The summed E-state index contributed by atoms with van der Waals surface area (Å²) in [6.45, 7) is 2.65. The number of amides is 2. The van der Waals surface area contributed by atoms with Crippen molar-refractivity contribution in [3.8, 4) is 11.5 Å². The standard InChI is InChI=1S/C20H19N3O7S/c1-11-16(10-19(27)17-9-14(25)5-8-18(17)26)20(28)23(21-11)13-3-6-15(7-4-13)31(29,30)22-12(2)24/h3-9,16,25-26H,10H2,1-2H3,(H,22,24). The Morgan fingerprint density at radius 1 is 1.13 bits per heavy atom. The highest BCUT2D eigenvalue weighted by Gasteiger charge is 2.36. The number of hydrogen-bond donors (Lipinski definition) is 3. The fourth-order valence-electron chi connectivity index (χ4n) is 3.08. The lowest BCUT2D eigenvalue weighted by atomic mass is 9.94. The van der Waals surface area contributed by atoms with Gasteiger partial charge in [0.15, 0.2) is 5.78 Å². The van der Waals surface area contributed by atoms with Crippen LogP contribution in [-0.2, 0) is 19.6 Å². The molecule has 1 heterocycles. The molecule has 0 fully saturated rings. The lowest BCUT2D eigenvalue weighted by Gasteiger charge is -2.15. The van der Waals surface area contributed by atoms with E-state index in [2.05, 4.69) is 5.10 Å². The van der Waals surface area contributed by atoms with Crippen LogP contribution in [0.1, 0.15) is 30.6 Å². The molecule has 2 aromatic carbocycles. The largest absolute Gasteiger partial charge is 0.508 e. The second-order valence-electron chi connectivity index (χ2n) is 6.93. The molecule has 1 unspecified atom stereocenters. The van der Waals surface area contributed by atoms with Crippen LogP contribution in [-0.4, -0.2) is 41.9 Å².